The van der Waals surface area contributed by atoms with Gasteiger partial charge in [-0.3, -0.25) is 9.59 Å². The van der Waals surface area contributed by atoms with Gasteiger partial charge in [0.05, 0.1) is 34.4 Å². The topological polar surface area (TPSA) is 99.1 Å². The quantitative estimate of drug-likeness (QED) is 0.0281. The van der Waals surface area contributed by atoms with Crippen molar-refractivity contribution in [3.63, 3.8) is 0 Å². The summed E-state index contributed by atoms with van der Waals surface area (Å²) >= 11 is 0. The molecule has 0 aromatic heterocycles. The van der Waals surface area contributed by atoms with Crippen LogP contribution in [0, 0.1) is 0 Å². The molecule has 2 unspecified atom stereocenters. The largest absolute Gasteiger partial charge is 0.477 e. The summed E-state index contributed by atoms with van der Waals surface area (Å²) in [6.07, 6.45) is 54.4. The van der Waals surface area contributed by atoms with Gasteiger partial charge >= 0.3 is 17.9 Å². The SMILES string of the molecule is CCCCC/C=C/C/C=C/C/C=C/C/C=C/CCCCCCCC(=O)OC(COCCC(C(=O)O)[N+](C)(C)C)COC(=O)CCCCCCCCCCCCCCCCCCC. The molecule has 360 valence electrons. The number of quaternary nitrogens is 1. The van der Waals surface area contributed by atoms with Crippen LogP contribution < -0.4 is 0 Å². The number of allylic oxidation sites excluding steroid dienone is 8. The van der Waals surface area contributed by atoms with Gasteiger partial charge in [0.15, 0.2) is 12.1 Å². The smallest absolute Gasteiger partial charge is 0.362 e. The minimum absolute atomic E-state index is 0.0547. The Bertz CT molecular complexity index is 1150. The van der Waals surface area contributed by atoms with Crippen molar-refractivity contribution in [1.82, 2.24) is 0 Å². The first-order valence-electron chi connectivity index (χ1n) is 25.7. The molecule has 0 radical (unpaired) electrons. The lowest BCUT2D eigenvalue weighted by molar-refractivity contribution is -0.887. The third-order valence-electron chi connectivity index (χ3n) is 11.5. The normalized spacial score (nSPS) is 13.2. The maximum atomic E-state index is 12.8. The highest BCUT2D eigenvalue weighted by atomic mass is 16.6. The van der Waals surface area contributed by atoms with Gasteiger partial charge in [-0.05, 0) is 57.8 Å². The predicted octanol–water partition coefficient (Wildman–Crippen LogP) is 14.8. The lowest BCUT2D eigenvalue weighted by Gasteiger charge is -2.31. The van der Waals surface area contributed by atoms with Gasteiger partial charge < -0.3 is 23.8 Å². The molecule has 0 aromatic rings. The van der Waals surface area contributed by atoms with Crippen LogP contribution in [0.1, 0.15) is 226 Å². The molecule has 0 aliphatic rings. The number of carbonyl (C=O) groups is 3. The maximum absolute atomic E-state index is 12.8. The zero-order chi connectivity index (χ0) is 45.6. The number of carboxylic acids is 1. The summed E-state index contributed by atoms with van der Waals surface area (Å²) in [5.41, 5.74) is 0. The number of ether oxygens (including phenoxy) is 3. The van der Waals surface area contributed by atoms with Crippen molar-refractivity contribution in [2.75, 3.05) is 41.0 Å². The van der Waals surface area contributed by atoms with Crippen LogP contribution in [-0.2, 0) is 28.6 Å². The summed E-state index contributed by atoms with van der Waals surface area (Å²) < 4.78 is 17.3. The van der Waals surface area contributed by atoms with Crippen LogP contribution >= 0.6 is 0 Å². The molecule has 0 aliphatic carbocycles. The molecule has 0 bridgehead atoms. The lowest BCUT2D eigenvalue weighted by Crippen LogP contribution is -2.50. The zero-order valence-corrected chi connectivity index (χ0v) is 41.1. The van der Waals surface area contributed by atoms with Crippen LogP contribution in [0.4, 0.5) is 0 Å². The molecule has 0 aromatic carbocycles. The number of hydrogen-bond acceptors (Lipinski definition) is 6. The Balaban J connectivity index is 4.29. The average Bonchev–Trinajstić information content (AvgIpc) is 3.23. The Kier molecular flexibility index (Phi) is 42.9. The van der Waals surface area contributed by atoms with Crippen molar-refractivity contribution >= 4 is 17.9 Å². The molecular formula is C54H98NO7+. The number of esters is 2. The van der Waals surface area contributed by atoms with Crippen LogP contribution in [0.25, 0.3) is 0 Å². The zero-order valence-electron chi connectivity index (χ0n) is 41.1. The molecule has 2 atom stereocenters. The summed E-state index contributed by atoms with van der Waals surface area (Å²) in [7, 11) is 5.53. The minimum Gasteiger partial charge on any atom is -0.477 e. The number of nitrogens with zero attached hydrogens (tertiary/aromatic N) is 1. The molecule has 0 spiro atoms. The van der Waals surface area contributed by atoms with Gasteiger partial charge in [0.2, 0.25) is 0 Å². The van der Waals surface area contributed by atoms with E-state index in [4.69, 9.17) is 14.2 Å². The maximum Gasteiger partial charge on any atom is 0.362 e. The molecule has 8 heteroatoms. The van der Waals surface area contributed by atoms with Gasteiger partial charge in [-0.15, -0.1) is 0 Å². The van der Waals surface area contributed by atoms with Crippen molar-refractivity contribution in [1.29, 1.82) is 0 Å². The molecule has 0 rings (SSSR count). The third kappa shape index (κ3) is 42.6. The molecule has 0 saturated heterocycles. The minimum atomic E-state index is -0.877. The number of aliphatic carboxylic acids is 1. The Hall–Kier alpha value is -2.71. The number of unbranched alkanes of at least 4 members (excludes halogenated alkanes) is 24. The first-order chi connectivity index (χ1) is 30.1. The van der Waals surface area contributed by atoms with Crippen LogP contribution in [0.2, 0.25) is 0 Å². The number of carboxylic acid groups (broad SMARTS) is 1. The third-order valence-corrected chi connectivity index (χ3v) is 11.5. The molecule has 0 heterocycles. The fourth-order valence-corrected chi connectivity index (χ4v) is 7.49. The Morgan fingerprint density at radius 2 is 0.855 bits per heavy atom. The van der Waals surface area contributed by atoms with Crippen molar-refractivity contribution in [2.45, 2.75) is 238 Å². The second-order valence-electron chi connectivity index (χ2n) is 18.4. The molecular weight excluding hydrogens is 775 g/mol. The number of carbonyl (C=O) groups excluding carboxylic acids is 2. The Morgan fingerprint density at radius 1 is 0.484 bits per heavy atom. The Morgan fingerprint density at radius 3 is 1.29 bits per heavy atom. The number of likely N-dealkylation sites (N-methyl/N-ethyl adjacent to an activating group) is 1. The van der Waals surface area contributed by atoms with E-state index in [1.807, 2.05) is 21.1 Å². The van der Waals surface area contributed by atoms with Gasteiger partial charge in [-0.25, -0.2) is 4.79 Å². The molecule has 62 heavy (non-hydrogen) atoms. The summed E-state index contributed by atoms with van der Waals surface area (Å²) in [5.74, 6) is -1.48. The first kappa shape index (κ1) is 59.3. The van der Waals surface area contributed by atoms with E-state index in [1.54, 1.807) is 0 Å². The fourth-order valence-electron chi connectivity index (χ4n) is 7.49. The standard InChI is InChI=1S/C54H97NO7/c1-6-8-10-12-14-16-18-20-22-24-25-26-27-29-31-33-35-37-39-41-43-45-53(57)62-50(48-60-47-46-51(54(58)59)55(3,4)5)49-61-52(56)44-42-40-38-36-34-32-30-28-23-21-19-17-15-13-11-9-7-2/h14,16,20,22,25-26,29,31,50-51H,6-13,15,17-19,21,23-24,27-28,30,32-49H2,1-5H3/p+1/b16-14+,22-20+,26-25+,31-29+. The van der Waals surface area contributed by atoms with Crippen molar-refractivity contribution in [2.24, 2.45) is 0 Å². The highest BCUT2D eigenvalue weighted by molar-refractivity contribution is 5.72. The van der Waals surface area contributed by atoms with Crippen molar-refractivity contribution < 1.29 is 38.2 Å². The van der Waals surface area contributed by atoms with Crippen LogP contribution in [0.15, 0.2) is 48.6 Å². The second kappa shape index (κ2) is 44.9. The van der Waals surface area contributed by atoms with Crippen molar-refractivity contribution in [3.8, 4) is 0 Å². The van der Waals surface area contributed by atoms with E-state index in [0.717, 1.165) is 77.0 Å². The van der Waals surface area contributed by atoms with Gasteiger partial charge in [-0.2, -0.15) is 0 Å². The highest BCUT2D eigenvalue weighted by Crippen LogP contribution is 2.16. The highest BCUT2D eigenvalue weighted by Gasteiger charge is 2.31. The molecule has 1 N–H and O–H groups in total. The number of rotatable bonds is 46. The van der Waals surface area contributed by atoms with Gasteiger partial charge in [0.1, 0.15) is 6.61 Å². The van der Waals surface area contributed by atoms with E-state index in [9.17, 15) is 19.5 Å². The Labute approximate surface area is 382 Å². The van der Waals surface area contributed by atoms with E-state index >= 15 is 0 Å². The van der Waals surface area contributed by atoms with Gasteiger partial charge in [0.25, 0.3) is 0 Å². The molecule has 0 amide bonds. The van der Waals surface area contributed by atoms with E-state index < -0.39 is 18.1 Å². The molecule has 0 saturated carbocycles. The van der Waals surface area contributed by atoms with Gasteiger partial charge in [0, 0.05) is 19.3 Å². The van der Waals surface area contributed by atoms with Crippen LogP contribution in [0.3, 0.4) is 0 Å². The molecule has 0 fully saturated rings. The van der Waals surface area contributed by atoms with Crippen LogP contribution in [-0.4, -0.2) is 80.6 Å². The van der Waals surface area contributed by atoms with Gasteiger partial charge in [-0.1, -0.05) is 197 Å². The molecule has 8 nitrogen and oxygen atoms in total. The van der Waals surface area contributed by atoms with E-state index in [1.165, 1.54) is 116 Å². The summed E-state index contributed by atoms with van der Waals surface area (Å²) in [5, 5.41) is 9.65. The monoisotopic (exact) mass is 873 g/mol. The molecule has 0 aliphatic heterocycles. The predicted molar refractivity (Wildman–Crippen MR) is 261 cm³/mol. The average molecular weight is 873 g/mol. The van der Waals surface area contributed by atoms with E-state index in [-0.39, 0.29) is 36.2 Å². The first-order valence-corrected chi connectivity index (χ1v) is 25.7. The lowest BCUT2D eigenvalue weighted by atomic mass is 10.0. The number of hydrogen-bond donors (Lipinski definition) is 1. The van der Waals surface area contributed by atoms with Crippen LogP contribution in [0.5, 0.6) is 0 Å². The summed E-state index contributed by atoms with van der Waals surface area (Å²) in [6, 6.07) is -0.619. The second-order valence-corrected chi connectivity index (χ2v) is 18.4. The fraction of sp³-hybridized carbons (Fsp3) is 0.796. The van der Waals surface area contributed by atoms with E-state index in [0.29, 0.717) is 19.3 Å². The summed E-state index contributed by atoms with van der Waals surface area (Å²) in [6.45, 7) is 4.71. The van der Waals surface area contributed by atoms with E-state index in [2.05, 4.69) is 62.5 Å². The van der Waals surface area contributed by atoms with Crippen molar-refractivity contribution in [3.05, 3.63) is 48.6 Å². The summed E-state index contributed by atoms with van der Waals surface area (Å²) in [4.78, 5) is 37.1.